The number of likely N-dealkylation sites (tertiary alicyclic amines) is 1. The summed E-state index contributed by atoms with van der Waals surface area (Å²) in [6.45, 7) is 2.03. The first-order valence-electron chi connectivity index (χ1n) is 10.4. The van der Waals surface area contributed by atoms with Crippen molar-refractivity contribution in [2.24, 2.45) is 5.92 Å². The van der Waals surface area contributed by atoms with E-state index in [1.54, 1.807) is 0 Å². The first-order valence-corrected chi connectivity index (χ1v) is 11.8. The molecule has 0 N–H and O–H groups in total. The molecule has 3 heterocycles. The van der Waals surface area contributed by atoms with Crippen molar-refractivity contribution >= 4 is 15.9 Å². The number of halogens is 2. The van der Waals surface area contributed by atoms with Crippen molar-refractivity contribution in [3.63, 3.8) is 0 Å². The Hall–Kier alpha value is -1.62. The zero-order chi connectivity index (χ0) is 21.3. The Morgan fingerprint density at radius 1 is 0.967 bits per heavy atom. The summed E-state index contributed by atoms with van der Waals surface area (Å²) in [6, 6.07) is 2.47. The lowest BCUT2D eigenvalue weighted by Crippen LogP contribution is -2.53. The number of nitrogens with zero attached hydrogens (tertiary/aromatic N) is 2. The van der Waals surface area contributed by atoms with E-state index in [0.717, 1.165) is 31.4 Å². The Morgan fingerprint density at radius 3 is 2.33 bits per heavy atom. The number of carbonyl (C=O) groups is 1. The third-order valence-corrected chi connectivity index (χ3v) is 8.02. The van der Waals surface area contributed by atoms with Crippen LogP contribution >= 0.6 is 0 Å². The van der Waals surface area contributed by atoms with E-state index in [4.69, 9.17) is 9.47 Å². The molecule has 1 amide bonds. The van der Waals surface area contributed by atoms with Gasteiger partial charge in [0.2, 0.25) is 15.9 Å². The largest absolute Gasteiger partial charge is 0.348 e. The van der Waals surface area contributed by atoms with E-state index < -0.39 is 21.7 Å². The number of sulfonamides is 1. The maximum atomic E-state index is 13.5. The van der Waals surface area contributed by atoms with Gasteiger partial charge in [-0.3, -0.25) is 4.79 Å². The van der Waals surface area contributed by atoms with Crippen LogP contribution in [0.4, 0.5) is 8.78 Å². The van der Waals surface area contributed by atoms with E-state index in [-0.39, 0.29) is 42.1 Å². The summed E-state index contributed by atoms with van der Waals surface area (Å²) in [5, 5.41) is 0. The van der Waals surface area contributed by atoms with Crippen LogP contribution in [0.3, 0.4) is 0 Å². The summed E-state index contributed by atoms with van der Waals surface area (Å²) < 4.78 is 64.7. The highest BCUT2D eigenvalue weighted by Crippen LogP contribution is 2.30. The van der Waals surface area contributed by atoms with Gasteiger partial charge in [0.15, 0.2) is 17.9 Å². The molecule has 3 aliphatic rings. The molecule has 3 aliphatic heterocycles. The maximum absolute atomic E-state index is 13.5. The summed E-state index contributed by atoms with van der Waals surface area (Å²) in [7, 11) is -3.94. The summed E-state index contributed by atoms with van der Waals surface area (Å²) in [5.74, 6) is -2.55. The molecule has 1 atom stereocenters. The van der Waals surface area contributed by atoms with Gasteiger partial charge in [0, 0.05) is 25.6 Å². The molecule has 1 unspecified atom stereocenters. The van der Waals surface area contributed by atoms with Crippen LogP contribution in [0.15, 0.2) is 23.1 Å². The van der Waals surface area contributed by atoms with Crippen molar-refractivity contribution in [3.05, 3.63) is 29.8 Å². The van der Waals surface area contributed by atoms with Gasteiger partial charge in [0.05, 0.1) is 24.2 Å². The van der Waals surface area contributed by atoms with Crippen molar-refractivity contribution in [2.75, 3.05) is 32.8 Å². The Balaban J connectivity index is 1.40. The minimum atomic E-state index is -3.94. The highest BCUT2D eigenvalue weighted by atomic mass is 32.2. The first kappa shape index (κ1) is 21.6. The second-order valence-corrected chi connectivity index (χ2v) is 9.90. The van der Waals surface area contributed by atoms with Crippen LogP contribution in [0.5, 0.6) is 0 Å². The lowest BCUT2D eigenvalue weighted by atomic mass is 9.93. The van der Waals surface area contributed by atoms with Gasteiger partial charge in [-0.25, -0.2) is 17.2 Å². The molecule has 0 spiro atoms. The van der Waals surface area contributed by atoms with Gasteiger partial charge < -0.3 is 14.4 Å². The minimum absolute atomic E-state index is 0.0173. The standard InChI is InChI=1S/C20H26F2N2O5S/c21-16-5-4-15(13-17(16)22)30(26,27)23-9-6-14(7-10-23)19(25)24-8-2-1-3-18(24)20-28-11-12-29-20/h4-5,13-14,18,20H,1-3,6-12H2. The van der Waals surface area contributed by atoms with E-state index in [1.807, 2.05) is 4.90 Å². The van der Waals surface area contributed by atoms with Gasteiger partial charge in [-0.05, 0) is 50.3 Å². The molecule has 0 bridgehead atoms. The fourth-order valence-corrected chi connectivity index (χ4v) is 5.96. The Labute approximate surface area is 175 Å². The van der Waals surface area contributed by atoms with Gasteiger partial charge in [-0.15, -0.1) is 0 Å². The quantitative estimate of drug-likeness (QED) is 0.711. The van der Waals surface area contributed by atoms with Gasteiger partial charge in [-0.1, -0.05) is 0 Å². The van der Waals surface area contributed by atoms with Crippen molar-refractivity contribution in [2.45, 2.75) is 49.3 Å². The van der Waals surface area contributed by atoms with Gasteiger partial charge in [0.25, 0.3) is 0 Å². The molecule has 4 rings (SSSR count). The molecule has 0 radical (unpaired) electrons. The molecule has 30 heavy (non-hydrogen) atoms. The van der Waals surface area contributed by atoms with Crippen LogP contribution in [0.2, 0.25) is 0 Å². The van der Waals surface area contributed by atoms with Crippen LogP contribution < -0.4 is 0 Å². The second-order valence-electron chi connectivity index (χ2n) is 7.96. The summed E-state index contributed by atoms with van der Waals surface area (Å²) in [5.41, 5.74) is 0. The van der Waals surface area contributed by atoms with Gasteiger partial charge in [0.1, 0.15) is 0 Å². The van der Waals surface area contributed by atoms with Crippen molar-refractivity contribution in [3.8, 4) is 0 Å². The van der Waals surface area contributed by atoms with Crippen LogP contribution in [-0.2, 0) is 24.3 Å². The number of hydrogen-bond donors (Lipinski definition) is 0. The molecule has 0 aliphatic carbocycles. The SMILES string of the molecule is O=C(C1CCN(S(=O)(=O)c2ccc(F)c(F)c2)CC1)N1CCCCC1C1OCCO1. The summed E-state index contributed by atoms with van der Waals surface area (Å²) in [4.78, 5) is 14.8. The average Bonchev–Trinajstić information content (AvgIpc) is 3.30. The zero-order valence-electron chi connectivity index (χ0n) is 16.6. The zero-order valence-corrected chi connectivity index (χ0v) is 17.5. The molecule has 10 heteroatoms. The molecular formula is C20H26F2N2O5S. The molecule has 7 nitrogen and oxygen atoms in total. The molecule has 1 aromatic carbocycles. The van der Waals surface area contributed by atoms with Crippen molar-refractivity contribution in [1.29, 1.82) is 0 Å². The molecule has 1 aromatic rings. The Morgan fingerprint density at radius 2 is 1.67 bits per heavy atom. The van der Waals surface area contributed by atoms with E-state index >= 15 is 0 Å². The maximum Gasteiger partial charge on any atom is 0.243 e. The van der Waals surface area contributed by atoms with Crippen LogP contribution in [-0.4, -0.2) is 68.7 Å². The summed E-state index contributed by atoms with van der Waals surface area (Å²) >= 11 is 0. The van der Waals surface area contributed by atoms with E-state index in [9.17, 15) is 22.0 Å². The van der Waals surface area contributed by atoms with E-state index in [1.165, 1.54) is 4.31 Å². The normalized spacial score (nSPS) is 25.0. The topological polar surface area (TPSA) is 76.2 Å². The highest BCUT2D eigenvalue weighted by molar-refractivity contribution is 7.89. The first-order chi connectivity index (χ1) is 14.4. The monoisotopic (exact) mass is 444 g/mol. The van der Waals surface area contributed by atoms with Crippen LogP contribution in [0.1, 0.15) is 32.1 Å². The fraction of sp³-hybridized carbons (Fsp3) is 0.650. The minimum Gasteiger partial charge on any atom is -0.348 e. The van der Waals surface area contributed by atoms with Crippen LogP contribution in [0.25, 0.3) is 0 Å². The molecule has 3 fully saturated rings. The highest BCUT2D eigenvalue weighted by Gasteiger charge is 2.40. The van der Waals surface area contributed by atoms with E-state index in [0.29, 0.717) is 38.7 Å². The number of piperidine rings is 2. The average molecular weight is 445 g/mol. The molecule has 3 saturated heterocycles. The number of rotatable bonds is 4. The van der Waals surface area contributed by atoms with Crippen LogP contribution in [0, 0.1) is 17.6 Å². The smallest absolute Gasteiger partial charge is 0.243 e. The third kappa shape index (κ3) is 4.23. The van der Waals surface area contributed by atoms with Crippen molar-refractivity contribution < 1.29 is 31.5 Å². The molecule has 0 saturated carbocycles. The molecule has 166 valence electrons. The lowest BCUT2D eigenvalue weighted by Gasteiger charge is -2.41. The predicted molar refractivity (Wildman–Crippen MR) is 103 cm³/mol. The Bertz CT molecular complexity index is 883. The predicted octanol–water partition coefficient (Wildman–Crippen LogP) is 2.12. The number of hydrogen-bond acceptors (Lipinski definition) is 5. The van der Waals surface area contributed by atoms with Crippen molar-refractivity contribution in [1.82, 2.24) is 9.21 Å². The molecular weight excluding hydrogens is 418 g/mol. The Kier molecular flexibility index (Phi) is 6.38. The number of benzene rings is 1. The van der Waals surface area contributed by atoms with Gasteiger partial charge >= 0.3 is 0 Å². The lowest BCUT2D eigenvalue weighted by molar-refractivity contribution is -0.155. The third-order valence-electron chi connectivity index (χ3n) is 6.13. The van der Waals surface area contributed by atoms with E-state index in [2.05, 4.69) is 0 Å². The number of carbonyl (C=O) groups excluding carboxylic acids is 1. The molecule has 0 aromatic heterocycles. The second kappa shape index (κ2) is 8.86. The number of amides is 1. The summed E-state index contributed by atoms with van der Waals surface area (Å²) in [6.07, 6.45) is 3.16. The van der Waals surface area contributed by atoms with Gasteiger partial charge in [-0.2, -0.15) is 4.31 Å². The number of ether oxygens (including phenoxy) is 2. The fourth-order valence-electron chi connectivity index (χ4n) is 4.48.